The fourth-order valence-corrected chi connectivity index (χ4v) is 2.97. The molecular formula is C14H21BrN2O2. The highest BCUT2D eigenvalue weighted by atomic mass is 79.9. The quantitative estimate of drug-likeness (QED) is 0.924. The molecule has 0 atom stereocenters. The first-order valence-electron chi connectivity index (χ1n) is 6.76. The van der Waals surface area contributed by atoms with Crippen LogP contribution in [0.25, 0.3) is 0 Å². The molecule has 0 aromatic carbocycles. The molecule has 1 aromatic heterocycles. The number of nitrogens with zero attached hydrogens (tertiary/aromatic N) is 1. The van der Waals surface area contributed by atoms with Gasteiger partial charge in [0.05, 0.1) is 6.54 Å². The topological polar surface area (TPSA) is 59.5 Å². The van der Waals surface area contributed by atoms with E-state index in [2.05, 4.69) is 15.9 Å². The highest BCUT2D eigenvalue weighted by molar-refractivity contribution is 9.10. The Kier molecular flexibility index (Phi) is 4.68. The Morgan fingerprint density at radius 1 is 1.42 bits per heavy atom. The fourth-order valence-electron chi connectivity index (χ4n) is 2.63. The summed E-state index contributed by atoms with van der Waals surface area (Å²) in [4.78, 5) is 13.9. The van der Waals surface area contributed by atoms with Crippen molar-refractivity contribution >= 4 is 21.8 Å². The molecule has 106 valence electrons. The summed E-state index contributed by atoms with van der Waals surface area (Å²) in [7, 11) is 1.80. The van der Waals surface area contributed by atoms with Gasteiger partial charge < -0.3 is 15.1 Å². The Morgan fingerprint density at radius 3 is 2.68 bits per heavy atom. The van der Waals surface area contributed by atoms with E-state index in [1.807, 2.05) is 12.1 Å². The SMILES string of the molecule is CN(Cc1ccc(Br)o1)C(=O)CC1(N)CCCCC1. The normalized spacial score (nSPS) is 18.3. The third kappa shape index (κ3) is 4.08. The molecule has 19 heavy (non-hydrogen) atoms. The van der Waals surface area contributed by atoms with Gasteiger partial charge >= 0.3 is 0 Å². The molecule has 4 nitrogen and oxygen atoms in total. The Labute approximate surface area is 122 Å². The lowest BCUT2D eigenvalue weighted by molar-refractivity contribution is -0.132. The molecule has 0 aliphatic heterocycles. The highest BCUT2D eigenvalue weighted by Gasteiger charge is 2.31. The van der Waals surface area contributed by atoms with Crippen molar-refractivity contribution in [3.8, 4) is 0 Å². The van der Waals surface area contributed by atoms with Crippen molar-refractivity contribution in [3.63, 3.8) is 0 Å². The van der Waals surface area contributed by atoms with E-state index >= 15 is 0 Å². The lowest BCUT2D eigenvalue weighted by Gasteiger charge is -2.34. The molecule has 2 N–H and O–H groups in total. The van der Waals surface area contributed by atoms with Gasteiger partial charge in [0, 0.05) is 19.0 Å². The molecular weight excluding hydrogens is 308 g/mol. The van der Waals surface area contributed by atoms with E-state index in [9.17, 15) is 4.79 Å². The summed E-state index contributed by atoms with van der Waals surface area (Å²) >= 11 is 3.26. The summed E-state index contributed by atoms with van der Waals surface area (Å²) in [5.74, 6) is 0.870. The third-order valence-electron chi connectivity index (χ3n) is 3.80. The van der Waals surface area contributed by atoms with Crippen LogP contribution in [-0.4, -0.2) is 23.4 Å². The van der Waals surface area contributed by atoms with Gasteiger partial charge in [0.2, 0.25) is 5.91 Å². The van der Waals surface area contributed by atoms with Gasteiger partial charge in [0.1, 0.15) is 5.76 Å². The van der Waals surface area contributed by atoms with Gasteiger partial charge in [-0.2, -0.15) is 0 Å². The maximum absolute atomic E-state index is 12.2. The van der Waals surface area contributed by atoms with Crippen molar-refractivity contribution in [2.24, 2.45) is 5.73 Å². The molecule has 0 spiro atoms. The van der Waals surface area contributed by atoms with E-state index in [4.69, 9.17) is 10.2 Å². The first-order chi connectivity index (χ1) is 8.98. The van der Waals surface area contributed by atoms with E-state index in [-0.39, 0.29) is 11.4 Å². The van der Waals surface area contributed by atoms with Crippen molar-refractivity contribution in [3.05, 3.63) is 22.6 Å². The van der Waals surface area contributed by atoms with Gasteiger partial charge in [-0.1, -0.05) is 19.3 Å². The summed E-state index contributed by atoms with van der Waals surface area (Å²) in [6, 6.07) is 3.70. The number of rotatable bonds is 4. The largest absolute Gasteiger partial charge is 0.452 e. The Hall–Kier alpha value is -0.810. The first-order valence-corrected chi connectivity index (χ1v) is 7.55. The van der Waals surface area contributed by atoms with Crippen molar-refractivity contribution in [2.75, 3.05) is 7.05 Å². The molecule has 1 aliphatic carbocycles. The van der Waals surface area contributed by atoms with Crippen LogP contribution in [0.3, 0.4) is 0 Å². The molecule has 5 heteroatoms. The smallest absolute Gasteiger partial charge is 0.224 e. The molecule has 1 aromatic rings. The number of halogens is 1. The second kappa shape index (κ2) is 6.09. The zero-order valence-electron chi connectivity index (χ0n) is 11.3. The number of furan rings is 1. The van der Waals surface area contributed by atoms with Crippen LogP contribution in [0.2, 0.25) is 0 Å². The van der Waals surface area contributed by atoms with Crippen LogP contribution in [0, 0.1) is 0 Å². The second-order valence-electron chi connectivity index (χ2n) is 5.56. The average molecular weight is 329 g/mol. The van der Waals surface area contributed by atoms with E-state index < -0.39 is 0 Å². The standard InChI is InChI=1S/C14H21BrN2O2/c1-17(10-11-5-6-12(15)19-11)13(18)9-14(16)7-3-2-4-8-14/h5-6H,2-4,7-10,16H2,1H3. The van der Waals surface area contributed by atoms with Crippen LogP contribution in [-0.2, 0) is 11.3 Å². The monoisotopic (exact) mass is 328 g/mol. The van der Waals surface area contributed by atoms with Crippen molar-refractivity contribution in [1.82, 2.24) is 4.90 Å². The van der Waals surface area contributed by atoms with Crippen LogP contribution >= 0.6 is 15.9 Å². The van der Waals surface area contributed by atoms with Gasteiger partial charge in [0.15, 0.2) is 4.67 Å². The summed E-state index contributed by atoms with van der Waals surface area (Å²) in [6.07, 6.45) is 5.86. The minimum atomic E-state index is -0.298. The van der Waals surface area contributed by atoms with Gasteiger partial charge in [-0.15, -0.1) is 0 Å². The number of carbonyl (C=O) groups excluding carboxylic acids is 1. The highest BCUT2D eigenvalue weighted by Crippen LogP contribution is 2.29. The minimum absolute atomic E-state index is 0.0944. The predicted octanol–water partition coefficient (Wildman–Crippen LogP) is 3.05. The zero-order valence-corrected chi connectivity index (χ0v) is 12.9. The fraction of sp³-hybridized carbons (Fsp3) is 0.643. The van der Waals surface area contributed by atoms with Crippen LogP contribution < -0.4 is 5.73 Å². The zero-order chi connectivity index (χ0) is 13.9. The first kappa shape index (κ1) is 14.6. The van der Waals surface area contributed by atoms with Crippen LogP contribution in [0.15, 0.2) is 21.2 Å². The van der Waals surface area contributed by atoms with Crippen molar-refractivity contribution < 1.29 is 9.21 Å². The van der Waals surface area contributed by atoms with E-state index in [0.29, 0.717) is 17.6 Å². The molecule has 1 heterocycles. The molecule has 1 saturated carbocycles. The molecule has 1 fully saturated rings. The maximum atomic E-state index is 12.2. The summed E-state index contributed by atoms with van der Waals surface area (Å²) < 4.78 is 6.10. The van der Waals surface area contributed by atoms with Crippen molar-refractivity contribution in [1.29, 1.82) is 0 Å². The van der Waals surface area contributed by atoms with E-state index in [1.165, 1.54) is 6.42 Å². The summed E-state index contributed by atoms with van der Waals surface area (Å²) in [6.45, 7) is 0.487. The molecule has 2 rings (SSSR count). The van der Waals surface area contributed by atoms with Gasteiger partial charge in [0.25, 0.3) is 0 Å². The number of carbonyl (C=O) groups is 1. The van der Waals surface area contributed by atoms with Crippen molar-refractivity contribution in [2.45, 2.75) is 50.6 Å². The molecule has 0 unspecified atom stereocenters. The molecule has 0 bridgehead atoms. The number of hydrogen-bond donors (Lipinski definition) is 1. The van der Waals surface area contributed by atoms with Gasteiger partial charge in [-0.05, 0) is 40.9 Å². The van der Waals surface area contributed by atoms with Crippen LogP contribution in [0.1, 0.15) is 44.3 Å². The minimum Gasteiger partial charge on any atom is -0.452 e. The molecule has 0 radical (unpaired) electrons. The maximum Gasteiger partial charge on any atom is 0.224 e. The van der Waals surface area contributed by atoms with E-state index in [0.717, 1.165) is 31.4 Å². The third-order valence-corrected chi connectivity index (χ3v) is 4.23. The Bertz CT molecular complexity index is 438. The molecule has 1 aliphatic rings. The Morgan fingerprint density at radius 2 is 2.11 bits per heavy atom. The van der Waals surface area contributed by atoms with Gasteiger partial charge in [-0.3, -0.25) is 4.79 Å². The number of amides is 1. The predicted molar refractivity (Wildman–Crippen MR) is 77.5 cm³/mol. The van der Waals surface area contributed by atoms with Gasteiger partial charge in [-0.25, -0.2) is 0 Å². The summed E-state index contributed by atoms with van der Waals surface area (Å²) in [5, 5.41) is 0. The Balaban J connectivity index is 1.88. The second-order valence-corrected chi connectivity index (χ2v) is 6.34. The molecule has 1 amide bonds. The van der Waals surface area contributed by atoms with Crippen LogP contribution in [0.5, 0.6) is 0 Å². The molecule has 0 saturated heterocycles. The lowest BCUT2D eigenvalue weighted by atomic mass is 9.80. The number of nitrogens with two attached hydrogens (primary N) is 1. The summed E-state index contributed by atoms with van der Waals surface area (Å²) in [5.41, 5.74) is 6.02. The van der Waals surface area contributed by atoms with E-state index in [1.54, 1.807) is 11.9 Å². The van der Waals surface area contributed by atoms with Crippen LogP contribution in [0.4, 0.5) is 0 Å². The lowest BCUT2D eigenvalue weighted by Crippen LogP contribution is -2.46. The average Bonchev–Trinajstić information content (AvgIpc) is 2.75. The number of hydrogen-bond acceptors (Lipinski definition) is 3.